The van der Waals surface area contributed by atoms with Gasteiger partial charge in [-0.3, -0.25) is 4.79 Å². The van der Waals surface area contributed by atoms with Crippen LogP contribution in [0.4, 0.5) is 0 Å². The number of amides is 1. The van der Waals surface area contributed by atoms with Crippen LogP contribution in [-0.4, -0.2) is 29.4 Å². The van der Waals surface area contributed by atoms with Crippen molar-refractivity contribution in [1.82, 2.24) is 4.90 Å². The van der Waals surface area contributed by atoms with E-state index in [1.165, 1.54) is 6.42 Å². The van der Waals surface area contributed by atoms with Crippen molar-refractivity contribution in [2.45, 2.75) is 57.9 Å². The largest absolute Gasteiger partial charge is 0.338 e. The first-order valence-corrected chi connectivity index (χ1v) is 6.50. The summed E-state index contributed by atoms with van der Waals surface area (Å²) in [4.78, 5) is 14.4. The number of nitrogens with two attached hydrogens (primary N) is 1. The highest BCUT2D eigenvalue weighted by molar-refractivity contribution is 5.78. The molecule has 2 N–H and O–H groups in total. The van der Waals surface area contributed by atoms with Gasteiger partial charge in [0.25, 0.3) is 0 Å². The number of carbonyl (C=O) groups excluding carboxylic acids is 1. The summed E-state index contributed by atoms with van der Waals surface area (Å²) in [7, 11) is 0. The van der Waals surface area contributed by atoms with Crippen LogP contribution in [0, 0.1) is 5.41 Å². The summed E-state index contributed by atoms with van der Waals surface area (Å²) in [5.74, 6) is 0.327. The molecule has 3 nitrogen and oxygen atoms in total. The molecule has 3 heteroatoms. The third kappa shape index (κ3) is 1.97. The van der Waals surface area contributed by atoms with Crippen LogP contribution in [0.3, 0.4) is 0 Å². The van der Waals surface area contributed by atoms with Crippen LogP contribution in [0.25, 0.3) is 0 Å². The third-order valence-electron chi connectivity index (χ3n) is 4.58. The summed E-state index contributed by atoms with van der Waals surface area (Å²) >= 11 is 0. The molecule has 16 heavy (non-hydrogen) atoms. The summed E-state index contributed by atoms with van der Waals surface area (Å²) in [6.45, 7) is 5.96. The number of rotatable bonds is 3. The van der Waals surface area contributed by atoms with Gasteiger partial charge in [0.15, 0.2) is 0 Å². The predicted octanol–water partition coefficient (Wildman–Crippen LogP) is 1.91. The Hall–Kier alpha value is -0.570. The zero-order valence-corrected chi connectivity index (χ0v) is 10.6. The number of nitrogens with zero attached hydrogens (tertiary/aromatic N) is 1. The van der Waals surface area contributed by atoms with Crippen LogP contribution < -0.4 is 5.73 Å². The normalized spacial score (nSPS) is 26.6. The van der Waals surface area contributed by atoms with Crippen LogP contribution >= 0.6 is 0 Å². The summed E-state index contributed by atoms with van der Waals surface area (Å²) in [6.07, 6.45) is 6.48. The Morgan fingerprint density at radius 3 is 2.31 bits per heavy atom. The third-order valence-corrected chi connectivity index (χ3v) is 4.58. The second kappa shape index (κ2) is 4.02. The Labute approximate surface area is 98.4 Å². The van der Waals surface area contributed by atoms with Gasteiger partial charge < -0.3 is 10.6 Å². The molecule has 1 saturated heterocycles. The van der Waals surface area contributed by atoms with Crippen molar-refractivity contribution in [1.29, 1.82) is 0 Å². The van der Waals surface area contributed by atoms with Crippen molar-refractivity contribution in [3.63, 3.8) is 0 Å². The molecule has 0 bridgehead atoms. The van der Waals surface area contributed by atoms with Crippen molar-refractivity contribution < 1.29 is 4.79 Å². The van der Waals surface area contributed by atoms with Gasteiger partial charge in [-0.15, -0.1) is 0 Å². The molecule has 0 radical (unpaired) electrons. The van der Waals surface area contributed by atoms with Crippen molar-refractivity contribution >= 4 is 5.91 Å². The fourth-order valence-electron chi connectivity index (χ4n) is 3.12. The molecule has 0 atom stereocenters. The van der Waals surface area contributed by atoms with Gasteiger partial charge in [0.2, 0.25) is 5.91 Å². The fourth-order valence-corrected chi connectivity index (χ4v) is 3.12. The van der Waals surface area contributed by atoms with Gasteiger partial charge in [0, 0.05) is 18.5 Å². The van der Waals surface area contributed by atoms with Gasteiger partial charge in [-0.25, -0.2) is 0 Å². The number of carbonyl (C=O) groups is 1. The molecule has 2 rings (SSSR count). The average molecular weight is 224 g/mol. The van der Waals surface area contributed by atoms with Gasteiger partial charge in [0.05, 0.1) is 0 Å². The van der Waals surface area contributed by atoms with Crippen molar-refractivity contribution in [3.8, 4) is 0 Å². The number of hydrogen-bond donors (Lipinski definition) is 1. The Morgan fingerprint density at radius 1 is 1.25 bits per heavy atom. The lowest BCUT2D eigenvalue weighted by Gasteiger charge is -2.43. The van der Waals surface area contributed by atoms with E-state index < -0.39 is 0 Å². The zero-order chi connectivity index (χ0) is 11.8. The molecule has 2 fully saturated rings. The second-order valence-electron chi connectivity index (χ2n) is 6.20. The number of likely N-dealkylation sites (tertiary alicyclic amines) is 1. The van der Waals surface area contributed by atoms with E-state index in [9.17, 15) is 4.79 Å². The van der Waals surface area contributed by atoms with Crippen LogP contribution in [0.2, 0.25) is 0 Å². The van der Waals surface area contributed by atoms with Gasteiger partial charge >= 0.3 is 0 Å². The van der Waals surface area contributed by atoms with E-state index in [1.807, 2.05) is 0 Å². The molecule has 1 aliphatic carbocycles. The van der Waals surface area contributed by atoms with Crippen molar-refractivity contribution in [2.75, 3.05) is 13.1 Å². The maximum atomic E-state index is 12.3. The Kier molecular flexibility index (Phi) is 2.99. The fraction of sp³-hybridized carbons (Fsp3) is 0.923. The summed E-state index contributed by atoms with van der Waals surface area (Å²) in [5.41, 5.74) is 6.03. The maximum Gasteiger partial charge on any atom is 0.223 e. The molecule has 0 aromatic carbocycles. The minimum absolute atomic E-state index is 0.0661. The molecule has 1 aliphatic heterocycles. The molecule has 1 heterocycles. The van der Waals surface area contributed by atoms with E-state index in [-0.39, 0.29) is 11.0 Å². The van der Waals surface area contributed by atoms with Gasteiger partial charge in [-0.05, 0) is 51.5 Å². The quantitative estimate of drug-likeness (QED) is 0.796. The molecule has 92 valence electrons. The van der Waals surface area contributed by atoms with Gasteiger partial charge in [0.1, 0.15) is 0 Å². The lowest BCUT2D eigenvalue weighted by Crippen LogP contribution is -2.47. The molecule has 0 spiro atoms. The lowest BCUT2D eigenvalue weighted by molar-refractivity contribution is -0.138. The molecular formula is C13H24N2O. The predicted molar refractivity (Wildman–Crippen MR) is 65.0 cm³/mol. The Morgan fingerprint density at radius 2 is 1.94 bits per heavy atom. The average Bonchev–Trinajstić information content (AvgIpc) is 2.51. The minimum atomic E-state index is 0.0661. The molecule has 0 aromatic heterocycles. The molecule has 1 amide bonds. The van der Waals surface area contributed by atoms with E-state index in [0.717, 1.165) is 32.2 Å². The second-order valence-corrected chi connectivity index (χ2v) is 6.20. The van der Waals surface area contributed by atoms with Crippen LogP contribution in [0.1, 0.15) is 52.4 Å². The minimum Gasteiger partial charge on any atom is -0.338 e. The molecule has 2 aliphatic rings. The number of hydrogen-bond acceptors (Lipinski definition) is 2. The Balaban J connectivity index is 1.97. The molecule has 0 aromatic rings. The maximum absolute atomic E-state index is 12.3. The first-order valence-electron chi connectivity index (χ1n) is 6.50. The standard InChI is InChI=1S/C13H24N2O/c1-12(2)5-4-8-15(12)11(16)9-13(10-14)6-3-7-13/h3-10,14H2,1-2H3. The monoisotopic (exact) mass is 224 g/mol. The Bertz CT molecular complexity index is 276. The zero-order valence-electron chi connectivity index (χ0n) is 10.6. The van der Waals surface area contributed by atoms with Crippen LogP contribution in [0.15, 0.2) is 0 Å². The summed E-state index contributed by atoms with van der Waals surface area (Å²) < 4.78 is 0. The van der Waals surface area contributed by atoms with Crippen LogP contribution in [0.5, 0.6) is 0 Å². The van der Waals surface area contributed by atoms with E-state index in [0.29, 0.717) is 18.9 Å². The molecule has 0 unspecified atom stereocenters. The topological polar surface area (TPSA) is 46.3 Å². The highest BCUT2D eigenvalue weighted by atomic mass is 16.2. The molecule has 1 saturated carbocycles. The first-order chi connectivity index (χ1) is 7.49. The SMILES string of the molecule is CC1(C)CCCN1C(=O)CC1(CN)CCC1. The van der Waals surface area contributed by atoms with E-state index in [4.69, 9.17) is 5.73 Å². The van der Waals surface area contributed by atoms with E-state index in [1.54, 1.807) is 0 Å². The smallest absolute Gasteiger partial charge is 0.223 e. The highest BCUT2D eigenvalue weighted by Crippen LogP contribution is 2.44. The summed E-state index contributed by atoms with van der Waals surface area (Å²) in [6, 6.07) is 0. The van der Waals surface area contributed by atoms with E-state index >= 15 is 0 Å². The van der Waals surface area contributed by atoms with Gasteiger partial charge in [-0.1, -0.05) is 6.42 Å². The van der Waals surface area contributed by atoms with Crippen LogP contribution in [-0.2, 0) is 4.79 Å². The van der Waals surface area contributed by atoms with Gasteiger partial charge in [-0.2, -0.15) is 0 Å². The van der Waals surface area contributed by atoms with E-state index in [2.05, 4.69) is 18.7 Å². The van der Waals surface area contributed by atoms with Crippen molar-refractivity contribution in [3.05, 3.63) is 0 Å². The summed E-state index contributed by atoms with van der Waals surface area (Å²) in [5, 5.41) is 0. The first kappa shape index (κ1) is 11.9. The molecular weight excluding hydrogens is 200 g/mol. The lowest BCUT2D eigenvalue weighted by atomic mass is 9.66. The highest BCUT2D eigenvalue weighted by Gasteiger charge is 2.42. The van der Waals surface area contributed by atoms with Crippen molar-refractivity contribution in [2.24, 2.45) is 11.1 Å².